The van der Waals surface area contributed by atoms with Crippen LogP contribution >= 0.6 is 11.8 Å². The zero-order valence-corrected chi connectivity index (χ0v) is 14.4. The van der Waals surface area contributed by atoms with Crippen LogP contribution in [0.2, 0.25) is 0 Å². The minimum absolute atomic E-state index is 0.0236. The van der Waals surface area contributed by atoms with Gasteiger partial charge in [-0.25, -0.2) is 4.98 Å². The predicted octanol–water partition coefficient (Wildman–Crippen LogP) is 2.98. The Hall–Kier alpha value is -2.54. The van der Waals surface area contributed by atoms with E-state index in [1.165, 1.54) is 11.8 Å². The van der Waals surface area contributed by atoms with Gasteiger partial charge in [0, 0.05) is 29.9 Å². The lowest BCUT2D eigenvalue weighted by atomic mass is 10.2. The second-order valence-corrected chi connectivity index (χ2v) is 7.09. The summed E-state index contributed by atoms with van der Waals surface area (Å²) in [6, 6.07) is 9.14. The summed E-state index contributed by atoms with van der Waals surface area (Å²) in [6.45, 7) is 1.86. The molecule has 0 bridgehead atoms. The average Bonchev–Trinajstić information content (AvgIpc) is 3.16. The maximum atomic E-state index is 12.8. The van der Waals surface area contributed by atoms with E-state index in [1.807, 2.05) is 12.1 Å². The second kappa shape index (κ2) is 6.76. The number of benzene rings is 1. The van der Waals surface area contributed by atoms with Gasteiger partial charge in [-0.1, -0.05) is 0 Å². The number of aromatic nitrogens is 1. The fraction of sp³-hybridized carbons (Fsp3) is 0.278. The summed E-state index contributed by atoms with van der Waals surface area (Å²) >= 11 is 1.50. The molecule has 7 heteroatoms. The number of anilines is 3. The van der Waals surface area contributed by atoms with Gasteiger partial charge >= 0.3 is 0 Å². The SMILES string of the molecule is O=C1CSc2ccc(NC(=O)c3cccnc3N3CCCC3)cc2N1. The third kappa shape index (κ3) is 3.32. The molecule has 2 N–H and O–H groups in total. The van der Waals surface area contributed by atoms with E-state index < -0.39 is 0 Å². The number of fused-ring (bicyclic) bond motifs is 1. The molecule has 0 spiro atoms. The van der Waals surface area contributed by atoms with Crippen molar-refractivity contribution in [2.24, 2.45) is 0 Å². The average molecular weight is 354 g/mol. The standard InChI is InChI=1S/C18H18N4O2S/c23-16-11-25-15-6-5-12(10-14(15)21-16)20-18(24)13-4-3-7-19-17(13)22-8-1-2-9-22/h3-7,10H,1-2,8-9,11H2,(H,20,24)(H,21,23). The Morgan fingerprint density at radius 3 is 2.92 bits per heavy atom. The van der Waals surface area contributed by atoms with Gasteiger partial charge in [-0.3, -0.25) is 9.59 Å². The predicted molar refractivity (Wildman–Crippen MR) is 99.4 cm³/mol. The number of amides is 2. The number of carbonyl (C=O) groups excluding carboxylic acids is 2. The van der Waals surface area contributed by atoms with Crippen molar-refractivity contribution in [1.29, 1.82) is 0 Å². The molecule has 128 valence electrons. The zero-order chi connectivity index (χ0) is 17.2. The lowest BCUT2D eigenvalue weighted by Gasteiger charge is -2.20. The number of rotatable bonds is 3. The van der Waals surface area contributed by atoms with Crippen molar-refractivity contribution in [3.8, 4) is 0 Å². The summed E-state index contributed by atoms with van der Waals surface area (Å²) in [5, 5.41) is 5.76. The Morgan fingerprint density at radius 2 is 2.08 bits per heavy atom. The van der Waals surface area contributed by atoms with Gasteiger partial charge in [0.2, 0.25) is 5.91 Å². The summed E-state index contributed by atoms with van der Waals surface area (Å²) in [7, 11) is 0. The van der Waals surface area contributed by atoms with Crippen LogP contribution < -0.4 is 15.5 Å². The maximum Gasteiger partial charge on any atom is 0.259 e. The van der Waals surface area contributed by atoms with E-state index in [0.29, 0.717) is 17.0 Å². The van der Waals surface area contributed by atoms with E-state index >= 15 is 0 Å². The number of pyridine rings is 1. The normalized spacial score (nSPS) is 16.3. The molecule has 2 aliphatic heterocycles. The van der Waals surface area contributed by atoms with Gasteiger partial charge < -0.3 is 15.5 Å². The first-order valence-electron chi connectivity index (χ1n) is 8.29. The molecule has 4 rings (SSSR count). The Kier molecular flexibility index (Phi) is 4.31. The fourth-order valence-electron chi connectivity index (χ4n) is 3.11. The monoisotopic (exact) mass is 354 g/mol. The molecule has 3 heterocycles. The van der Waals surface area contributed by atoms with Crippen LogP contribution in [0.5, 0.6) is 0 Å². The van der Waals surface area contributed by atoms with Gasteiger partial charge in [-0.15, -0.1) is 11.8 Å². The summed E-state index contributed by atoms with van der Waals surface area (Å²) in [6.07, 6.45) is 3.97. The maximum absolute atomic E-state index is 12.8. The van der Waals surface area contributed by atoms with Crippen molar-refractivity contribution < 1.29 is 9.59 Å². The molecule has 1 aromatic carbocycles. The number of carbonyl (C=O) groups is 2. The van der Waals surface area contributed by atoms with E-state index in [0.717, 1.165) is 42.3 Å². The van der Waals surface area contributed by atoms with Crippen molar-refractivity contribution in [2.45, 2.75) is 17.7 Å². The summed E-state index contributed by atoms with van der Waals surface area (Å²) < 4.78 is 0. The van der Waals surface area contributed by atoms with Gasteiger partial charge in [-0.05, 0) is 43.2 Å². The molecule has 0 unspecified atom stereocenters. The van der Waals surface area contributed by atoms with Crippen LogP contribution in [0.1, 0.15) is 23.2 Å². The first kappa shape index (κ1) is 16.0. The molecular weight excluding hydrogens is 336 g/mol. The van der Waals surface area contributed by atoms with E-state index in [9.17, 15) is 9.59 Å². The van der Waals surface area contributed by atoms with E-state index in [4.69, 9.17) is 0 Å². The summed E-state index contributed by atoms with van der Waals surface area (Å²) in [4.78, 5) is 31.9. The quantitative estimate of drug-likeness (QED) is 0.886. The van der Waals surface area contributed by atoms with Crippen molar-refractivity contribution in [3.63, 3.8) is 0 Å². The Balaban J connectivity index is 1.57. The van der Waals surface area contributed by atoms with Crippen molar-refractivity contribution in [1.82, 2.24) is 4.98 Å². The molecule has 0 aliphatic carbocycles. The highest BCUT2D eigenvalue weighted by atomic mass is 32.2. The van der Waals surface area contributed by atoms with Crippen molar-refractivity contribution >= 4 is 40.8 Å². The minimum atomic E-state index is -0.190. The summed E-state index contributed by atoms with van der Waals surface area (Å²) in [5.41, 5.74) is 1.97. The number of thioether (sulfide) groups is 1. The molecule has 25 heavy (non-hydrogen) atoms. The lowest BCUT2D eigenvalue weighted by Crippen LogP contribution is -2.24. The lowest BCUT2D eigenvalue weighted by molar-refractivity contribution is -0.113. The van der Waals surface area contributed by atoms with Crippen LogP contribution in [0.3, 0.4) is 0 Å². The molecule has 1 fully saturated rings. The Bertz CT molecular complexity index is 834. The van der Waals surface area contributed by atoms with Gasteiger partial charge in [0.05, 0.1) is 17.0 Å². The highest BCUT2D eigenvalue weighted by molar-refractivity contribution is 8.00. The van der Waals surface area contributed by atoms with Crippen LogP contribution in [-0.4, -0.2) is 35.6 Å². The third-order valence-corrected chi connectivity index (χ3v) is 5.38. The molecule has 0 radical (unpaired) electrons. The molecule has 2 aliphatic rings. The van der Waals surface area contributed by atoms with Crippen LogP contribution in [0.25, 0.3) is 0 Å². The molecule has 2 amide bonds. The first-order valence-corrected chi connectivity index (χ1v) is 9.27. The number of hydrogen-bond acceptors (Lipinski definition) is 5. The molecule has 0 atom stereocenters. The first-order chi connectivity index (χ1) is 12.2. The highest BCUT2D eigenvalue weighted by Crippen LogP contribution is 2.33. The number of nitrogens with zero attached hydrogens (tertiary/aromatic N) is 2. The Labute approximate surface area is 150 Å². The Morgan fingerprint density at radius 1 is 1.24 bits per heavy atom. The van der Waals surface area contributed by atoms with Gasteiger partial charge in [-0.2, -0.15) is 0 Å². The molecule has 1 aromatic heterocycles. The van der Waals surface area contributed by atoms with Crippen LogP contribution in [-0.2, 0) is 4.79 Å². The van der Waals surface area contributed by atoms with Gasteiger partial charge in [0.25, 0.3) is 5.91 Å². The molecule has 1 saturated heterocycles. The van der Waals surface area contributed by atoms with Crippen LogP contribution in [0.4, 0.5) is 17.2 Å². The smallest absolute Gasteiger partial charge is 0.259 e. The van der Waals surface area contributed by atoms with Gasteiger partial charge in [0.1, 0.15) is 5.82 Å². The minimum Gasteiger partial charge on any atom is -0.356 e. The van der Waals surface area contributed by atoms with Crippen molar-refractivity contribution in [2.75, 3.05) is 34.4 Å². The molecule has 2 aromatic rings. The largest absolute Gasteiger partial charge is 0.356 e. The van der Waals surface area contributed by atoms with Crippen molar-refractivity contribution in [3.05, 3.63) is 42.1 Å². The fourth-order valence-corrected chi connectivity index (χ4v) is 3.90. The molecule has 6 nitrogen and oxygen atoms in total. The zero-order valence-electron chi connectivity index (χ0n) is 13.6. The number of hydrogen-bond donors (Lipinski definition) is 2. The summed E-state index contributed by atoms with van der Waals surface area (Å²) in [5.74, 6) is 0.946. The second-order valence-electron chi connectivity index (χ2n) is 6.07. The van der Waals surface area contributed by atoms with Crippen LogP contribution in [0, 0.1) is 0 Å². The van der Waals surface area contributed by atoms with E-state index in [-0.39, 0.29) is 11.8 Å². The van der Waals surface area contributed by atoms with Gasteiger partial charge in [0.15, 0.2) is 0 Å². The van der Waals surface area contributed by atoms with E-state index in [2.05, 4.69) is 20.5 Å². The third-order valence-electron chi connectivity index (χ3n) is 4.31. The van der Waals surface area contributed by atoms with E-state index in [1.54, 1.807) is 24.4 Å². The topological polar surface area (TPSA) is 74.3 Å². The number of nitrogens with one attached hydrogen (secondary N) is 2. The molecule has 0 saturated carbocycles. The molecular formula is C18H18N4O2S. The van der Waals surface area contributed by atoms with Crippen LogP contribution in [0.15, 0.2) is 41.4 Å². The highest BCUT2D eigenvalue weighted by Gasteiger charge is 2.21.